The first-order chi connectivity index (χ1) is 9.36. The number of hydrogen-bond donors (Lipinski definition) is 1. The van der Waals surface area contributed by atoms with E-state index in [2.05, 4.69) is 5.32 Å². The first-order valence-corrected chi connectivity index (χ1v) is 6.98. The molecule has 1 aromatic rings. The maximum absolute atomic E-state index is 13.5. The van der Waals surface area contributed by atoms with Gasteiger partial charge in [0.1, 0.15) is 5.82 Å². The van der Waals surface area contributed by atoms with Gasteiger partial charge in [-0.3, -0.25) is 0 Å². The molecular formula is C14H16ClF4N. The lowest BCUT2D eigenvalue weighted by Gasteiger charge is -2.30. The minimum absolute atomic E-state index is 0.0173. The van der Waals surface area contributed by atoms with Crippen molar-refractivity contribution in [2.75, 3.05) is 0 Å². The van der Waals surface area contributed by atoms with E-state index in [1.165, 1.54) is 6.07 Å². The van der Waals surface area contributed by atoms with Gasteiger partial charge in [0, 0.05) is 23.2 Å². The third kappa shape index (κ3) is 4.09. The van der Waals surface area contributed by atoms with Crippen LogP contribution < -0.4 is 5.32 Å². The molecule has 112 valence electrons. The molecule has 0 aromatic heterocycles. The second-order valence-electron chi connectivity index (χ2n) is 5.21. The van der Waals surface area contributed by atoms with E-state index in [4.69, 9.17) is 11.6 Å². The van der Waals surface area contributed by atoms with Crippen LogP contribution in [0.5, 0.6) is 0 Å². The predicted molar refractivity (Wildman–Crippen MR) is 70.1 cm³/mol. The molecule has 20 heavy (non-hydrogen) atoms. The summed E-state index contributed by atoms with van der Waals surface area (Å²) in [6.45, 7) is 0.310. The van der Waals surface area contributed by atoms with Gasteiger partial charge in [-0.2, -0.15) is 13.2 Å². The fourth-order valence-electron chi connectivity index (χ4n) is 2.54. The summed E-state index contributed by atoms with van der Waals surface area (Å²) in [7, 11) is 0. The lowest BCUT2D eigenvalue weighted by molar-refractivity contribution is -0.182. The van der Waals surface area contributed by atoms with Crippen LogP contribution in [-0.4, -0.2) is 12.2 Å². The highest BCUT2D eigenvalue weighted by Gasteiger charge is 2.41. The van der Waals surface area contributed by atoms with Gasteiger partial charge in [0.15, 0.2) is 0 Å². The Morgan fingerprint density at radius 3 is 2.35 bits per heavy atom. The van der Waals surface area contributed by atoms with E-state index in [-0.39, 0.29) is 18.9 Å². The maximum atomic E-state index is 13.5. The molecule has 1 aliphatic carbocycles. The van der Waals surface area contributed by atoms with Gasteiger partial charge in [0.2, 0.25) is 0 Å². The Morgan fingerprint density at radius 1 is 1.15 bits per heavy atom. The van der Waals surface area contributed by atoms with Crippen LogP contribution in [-0.2, 0) is 6.54 Å². The summed E-state index contributed by atoms with van der Waals surface area (Å²) in [6.07, 6.45) is -2.86. The Kier molecular flexibility index (Phi) is 4.91. The second kappa shape index (κ2) is 6.31. The molecule has 1 aliphatic rings. The molecule has 0 atom stereocenters. The average molecular weight is 310 g/mol. The largest absolute Gasteiger partial charge is 0.391 e. The number of halogens is 5. The lowest BCUT2D eigenvalue weighted by atomic mass is 9.85. The summed E-state index contributed by atoms with van der Waals surface area (Å²) in [5.41, 5.74) is 0.479. The van der Waals surface area contributed by atoms with E-state index in [9.17, 15) is 17.6 Å². The summed E-state index contributed by atoms with van der Waals surface area (Å²) in [5, 5.41) is 3.45. The van der Waals surface area contributed by atoms with Crippen molar-refractivity contribution in [3.05, 3.63) is 34.6 Å². The summed E-state index contributed by atoms with van der Waals surface area (Å²) in [4.78, 5) is 0. The van der Waals surface area contributed by atoms with Crippen molar-refractivity contribution in [3.8, 4) is 0 Å². The molecule has 1 saturated carbocycles. The van der Waals surface area contributed by atoms with Crippen molar-refractivity contribution in [2.45, 2.75) is 44.4 Å². The smallest absolute Gasteiger partial charge is 0.310 e. The Hall–Kier alpha value is -0.810. The Morgan fingerprint density at radius 2 is 1.80 bits per heavy atom. The zero-order valence-corrected chi connectivity index (χ0v) is 11.6. The molecule has 1 fully saturated rings. The van der Waals surface area contributed by atoms with Crippen LogP contribution in [0.25, 0.3) is 0 Å². The van der Waals surface area contributed by atoms with Gasteiger partial charge in [-0.05, 0) is 37.8 Å². The van der Waals surface area contributed by atoms with Crippen molar-refractivity contribution in [1.82, 2.24) is 5.32 Å². The highest BCUT2D eigenvalue weighted by Crippen LogP contribution is 2.37. The molecule has 0 radical (unpaired) electrons. The minimum Gasteiger partial charge on any atom is -0.310 e. The average Bonchev–Trinajstić information content (AvgIpc) is 2.37. The molecule has 6 heteroatoms. The molecule has 1 N–H and O–H groups in total. The number of rotatable bonds is 3. The van der Waals surface area contributed by atoms with Gasteiger partial charge in [0.05, 0.1) is 5.92 Å². The van der Waals surface area contributed by atoms with Crippen molar-refractivity contribution in [3.63, 3.8) is 0 Å². The topological polar surface area (TPSA) is 12.0 Å². The molecule has 0 amide bonds. The zero-order chi connectivity index (χ0) is 14.8. The third-order valence-electron chi connectivity index (χ3n) is 3.79. The van der Waals surface area contributed by atoms with Crippen LogP contribution >= 0.6 is 11.6 Å². The molecule has 0 saturated heterocycles. The van der Waals surface area contributed by atoms with Gasteiger partial charge in [-0.15, -0.1) is 0 Å². The number of nitrogens with one attached hydrogen (secondary N) is 1. The van der Waals surface area contributed by atoms with Gasteiger partial charge < -0.3 is 5.32 Å². The van der Waals surface area contributed by atoms with Crippen LogP contribution in [0, 0.1) is 11.7 Å². The van der Waals surface area contributed by atoms with Crippen LogP contribution in [0.1, 0.15) is 31.2 Å². The van der Waals surface area contributed by atoms with E-state index >= 15 is 0 Å². The SMILES string of the molecule is Fc1cc(Cl)ccc1CNC1CCC(C(F)(F)F)CC1. The Balaban J connectivity index is 1.82. The normalized spacial score (nSPS) is 23.9. The van der Waals surface area contributed by atoms with Gasteiger partial charge in [-0.1, -0.05) is 17.7 Å². The fourth-order valence-corrected chi connectivity index (χ4v) is 2.70. The number of hydrogen-bond acceptors (Lipinski definition) is 1. The highest BCUT2D eigenvalue weighted by atomic mass is 35.5. The van der Waals surface area contributed by atoms with Crippen LogP contribution in [0.4, 0.5) is 17.6 Å². The minimum atomic E-state index is -4.09. The maximum Gasteiger partial charge on any atom is 0.391 e. The third-order valence-corrected chi connectivity index (χ3v) is 4.02. The molecule has 2 rings (SSSR count). The Bertz CT molecular complexity index is 453. The lowest BCUT2D eigenvalue weighted by Crippen LogP contribution is -2.36. The summed E-state index contributed by atoms with van der Waals surface area (Å²) < 4.78 is 51.1. The first-order valence-electron chi connectivity index (χ1n) is 6.60. The molecule has 0 bridgehead atoms. The van der Waals surface area contributed by atoms with Gasteiger partial charge in [0.25, 0.3) is 0 Å². The molecular weight excluding hydrogens is 294 g/mol. The Labute approximate surface area is 120 Å². The van der Waals surface area contributed by atoms with E-state index in [1.54, 1.807) is 12.1 Å². The molecule has 0 aliphatic heterocycles. The quantitative estimate of drug-likeness (QED) is 0.799. The van der Waals surface area contributed by atoms with Crippen LogP contribution in [0.2, 0.25) is 5.02 Å². The molecule has 1 nitrogen and oxygen atoms in total. The fraction of sp³-hybridized carbons (Fsp3) is 0.571. The summed E-state index contributed by atoms with van der Waals surface area (Å²) >= 11 is 5.66. The van der Waals surface area contributed by atoms with Crippen molar-refractivity contribution in [2.24, 2.45) is 5.92 Å². The first kappa shape index (κ1) is 15.6. The molecule has 1 aromatic carbocycles. The van der Waals surface area contributed by atoms with Gasteiger partial charge >= 0.3 is 6.18 Å². The second-order valence-corrected chi connectivity index (χ2v) is 5.64. The summed E-state index contributed by atoms with van der Waals surface area (Å²) in [5.74, 6) is -1.58. The van der Waals surface area contributed by atoms with Crippen molar-refractivity contribution >= 4 is 11.6 Å². The van der Waals surface area contributed by atoms with Crippen molar-refractivity contribution < 1.29 is 17.6 Å². The monoisotopic (exact) mass is 309 g/mol. The van der Waals surface area contributed by atoms with Crippen molar-refractivity contribution in [1.29, 1.82) is 0 Å². The van der Waals surface area contributed by atoms with E-state index < -0.39 is 17.9 Å². The standard InChI is InChI=1S/C14H16ClF4N/c15-11-4-1-9(13(16)7-11)8-20-12-5-2-10(3-6-12)14(17,18)19/h1,4,7,10,12,20H,2-3,5-6,8H2. The molecule has 0 spiro atoms. The van der Waals surface area contributed by atoms with E-state index in [0.29, 0.717) is 30.0 Å². The van der Waals surface area contributed by atoms with Gasteiger partial charge in [-0.25, -0.2) is 4.39 Å². The number of benzene rings is 1. The number of alkyl halides is 3. The van der Waals surface area contributed by atoms with E-state index in [0.717, 1.165) is 0 Å². The van der Waals surface area contributed by atoms with E-state index in [1.807, 2.05) is 0 Å². The van der Waals surface area contributed by atoms with Crippen LogP contribution in [0.15, 0.2) is 18.2 Å². The zero-order valence-electron chi connectivity index (χ0n) is 10.8. The summed E-state index contributed by atoms with van der Waals surface area (Å²) in [6, 6.07) is 4.44. The highest BCUT2D eigenvalue weighted by molar-refractivity contribution is 6.30. The molecule has 0 heterocycles. The predicted octanol–water partition coefficient (Wildman–Crippen LogP) is 4.69. The molecule has 0 unspecified atom stereocenters. The van der Waals surface area contributed by atoms with Crippen LogP contribution in [0.3, 0.4) is 0 Å².